The number of hydrogen-bond acceptors (Lipinski definition) is 4. The van der Waals surface area contributed by atoms with Crippen LogP contribution in [-0.4, -0.2) is 18.5 Å². The van der Waals surface area contributed by atoms with Gasteiger partial charge < -0.3 is 14.6 Å². The molecular weight excluding hydrogens is 371 g/mol. The van der Waals surface area contributed by atoms with Crippen molar-refractivity contribution in [3.05, 3.63) is 76.6 Å². The number of carbonyl (C=O) groups is 1. The first-order chi connectivity index (χ1) is 13.0. The average molecular weight is 387 g/mol. The summed E-state index contributed by atoms with van der Waals surface area (Å²) in [7, 11) is 1.55. The van der Waals surface area contributed by atoms with E-state index in [-0.39, 0.29) is 28.7 Å². The summed E-state index contributed by atoms with van der Waals surface area (Å²) in [6, 6.07) is 14.6. The van der Waals surface area contributed by atoms with Gasteiger partial charge in [-0.1, -0.05) is 41.9 Å². The summed E-state index contributed by atoms with van der Waals surface area (Å²) < 4.78 is 25.7. The normalized spacial score (nSPS) is 10.5. The second-order valence-electron chi connectivity index (χ2n) is 5.76. The van der Waals surface area contributed by atoms with Crippen LogP contribution < -0.4 is 9.47 Å². The number of benzene rings is 3. The molecule has 0 radical (unpaired) electrons. The molecule has 0 amide bonds. The maximum absolute atomic E-state index is 14.9. The summed E-state index contributed by atoms with van der Waals surface area (Å²) >= 11 is 6.04. The van der Waals surface area contributed by atoms with Crippen molar-refractivity contribution in [2.24, 2.45) is 0 Å². The standard InChI is InChI=1S/C21H16ClFO4/c1-26-16-6-2-4-13(8-16)17-7-3-5-14(21(17)23)12-27-20-10-19(25)15(11-24)9-18(20)22/h2-11,25H,12H2,1H3. The van der Waals surface area contributed by atoms with Crippen LogP contribution in [0.5, 0.6) is 17.2 Å². The molecule has 0 aromatic heterocycles. The molecule has 0 spiro atoms. The predicted octanol–water partition coefficient (Wildman–Crippen LogP) is 5.25. The van der Waals surface area contributed by atoms with Gasteiger partial charge >= 0.3 is 0 Å². The molecule has 138 valence electrons. The molecule has 0 bridgehead atoms. The van der Waals surface area contributed by atoms with Crippen LogP contribution >= 0.6 is 11.6 Å². The van der Waals surface area contributed by atoms with E-state index in [1.807, 2.05) is 0 Å². The largest absolute Gasteiger partial charge is 0.507 e. The van der Waals surface area contributed by atoms with Gasteiger partial charge in [0, 0.05) is 17.2 Å². The molecule has 3 aromatic carbocycles. The fourth-order valence-corrected chi connectivity index (χ4v) is 2.85. The summed E-state index contributed by atoms with van der Waals surface area (Å²) in [4.78, 5) is 10.8. The van der Waals surface area contributed by atoms with E-state index in [2.05, 4.69) is 0 Å². The van der Waals surface area contributed by atoms with Crippen LogP contribution in [0, 0.1) is 5.82 Å². The molecule has 6 heteroatoms. The molecule has 0 saturated carbocycles. The van der Waals surface area contributed by atoms with Crippen LogP contribution in [0.25, 0.3) is 11.1 Å². The maximum Gasteiger partial charge on any atom is 0.153 e. The van der Waals surface area contributed by atoms with Crippen molar-refractivity contribution >= 4 is 17.9 Å². The van der Waals surface area contributed by atoms with Gasteiger partial charge in [0.25, 0.3) is 0 Å². The third-order valence-electron chi connectivity index (χ3n) is 4.05. The third kappa shape index (κ3) is 4.04. The zero-order chi connectivity index (χ0) is 19.4. The van der Waals surface area contributed by atoms with E-state index < -0.39 is 5.82 Å². The smallest absolute Gasteiger partial charge is 0.153 e. The van der Waals surface area contributed by atoms with Crippen LogP contribution in [0.1, 0.15) is 15.9 Å². The zero-order valence-corrected chi connectivity index (χ0v) is 15.2. The molecule has 0 unspecified atom stereocenters. The molecule has 4 nitrogen and oxygen atoms in total. The predicted molar refractivity (Wildman–Crippen MR) is 101 cm³/mol. The lowest BCUT2D eigenvalue weighted by Gasteiger charge is -2.12. The summed E-state index contributed by atoms with van der Waals surface area (Å²) in [5.41, 5.74) is 1.48. The lowest BCUT2D eigenvalue weighted by Crippen LogP contribution is -2.01. The minimum absolute atomic E-state index is 0.0542. The second-order valence-corrected chi connectivity index (χ2v) is 6.17. The van der Waals surface area contributed by atoms with Gasteiger partial charge in [0.1, 0.15) is 29.7 Å². The van der Waals surface area contributed by atoms with Crippen LogP contribution in [0.4, 0.5) is 4.39 Å². The van der Waals surface area contributed by atoms with Gasteiger partial charge in [0.15, 0.2) is 6.29 Å². The first-order valence-electron chi connectivity index (χ1n) is 8.05. The molecule has 27 heavy (non-hydrogen) atoms. The lowest BCUT2D eigenvalue weighted by molar-refractivity contribution is 0.112. The van der Waals surface area contributed by atoms with Crippen molar-refractivity contribution in [3.8, 4) is 28.4 Å². The van der Waals surface area contributed by atoms with E-state index in [0.29, 0.717) is 28.7 Å². The lowest BCUT2D eigenvalue weighted by atomic mass is 10.0. The van der Waals surface area contributed by atoms with Crippen molar-refractivity contribution in [2.75, 3.05) is 7.11 Å². The van der Waals surface area contributed by atoms with E-state index in [1.54, 1.807) is 49.6 Å². The highest BCUT2D eigenvalue weighted by Crippen LogP contribution is 2.33. The molecule has 0 aliphatic rings. The van der Waals surface area contributed by atoms with Gasteiger partial charge in [-0.25, -0.2) is 4.39 Å². The molecule has 0 saturated heterocycles. The highest BCUT2D eigenvalue weighted by Gasteiger charge is 2.13. The molecule has 0 aliphatic carbocycles. The van der Waals surface area contributed by atoms with E-state index in [4.69, 9.17) is 21.1 Å². The summed E-state index contributed by atoms with van der Waals surface area (Å²) in [5, 5.41) is 9.91. The first-order valence-corrected chi connectivity index (χ1v) is 8.43. The Balaban J connectivity index is 1.86. The molecule has 1 N–H and O–H groups in total. The average Bonchev–Trinajstić information content (AvgIpc) is 2.69. The van der Waals surface area contributed by atoms with E-state index in [9.17, 15) is 14.3 Å². The van der Waals surface area contributed by atoms with Crippen molar-refractivity contribution < 1.29 is 23.8 Å². The highest BCUT2D eigenvalue weighted by molar-refractivity contribution is 6.32. The fourth-order valence-electron chi connectivity index (χ4n) is 2.62. The van der Waals surface area contributed by atoms with Crippen LogP contribution in [0.2, 0.25) is 5.02 Å². The quantitative estimate of drug-likeness (QED) is 0.588. The number of ether oxygens (including phenoxy) is 2. The number of carbonyl (C=O) groups excluding carboxylic acids is 1. The Morgan fingerprint density at radius 1 is 1.15 bits per heavy atom. The molecule has 3 rings (SSSR count). The Morgan fingerprint density at radius 3 is 2.67 bits per heavy atom. The Bertz CT molecular complexity index is 988. The Morgan fingerprint density at radius 2 is 1.93 bits per heavy atom. The Hall–Kier alpha value is -3.05. The molecule has 0 heterocycles. The van der Waals surface area contributed by atoms with Gasteiger partial charge in [-0.3, -0.25) is 4.79 Å². The molecule has 0 atom stereocenters. The number of rotatable bonds is 6. The topological polar surface area (TPSA) is 55.8 Å². The number of hydrogen-bond donors (Lipinski definition) is 1. The maximum atomic E-state index is 14.9. The number of halogens is 2. The molecule has 3 aromatic rings. The number of aromatic hydroxyl groups is 1. The van der Waals surface area contributed by atoms with E-state index in [0.717, 1.165) is 0 Å². The minimum Gasteiger partial charge on any atom is -0.507 e. The van der Waals surface area contributed by atoms with Gasteiger partial charge in [-0.05, 0) is 23.8 Å². The third-order valence-corrected chi connectivity index (χ3v) is 4.35. The minimum atomic E-state index is -0.421. The second kappa shape index (κ2) is 8.10. The Labute approximate surface area is 160 Å². The van der Waals surface area contributed by atoms with Crippen molar-refractivity contribution in [2.45, 2.75) is 6.61 Å². The number of phenols is 1. The van der Waals surface area contributed by atoms with E-state index in [1.165, 1.54) is 12.1 Å². The van der Waals surface area contributed by atoms with Crippen molar-refractivity contribution in [3.63, 3.8) is 0 Å². The van der Waals surface area contributed by atoms with Crippen molar-refractivity contribution in [1.82, 2.24) is 0 Å². The highest BCUT2D eigenvalue weighted by atomic mass is 35.5. The number of aldehydes is 1. The van der Waals surface area contributed by atoms with Gasteiger partial charge in [0.05, 0.1) is 17.7 Å². The SMILES string of the molecule is COc1cccc(-c2cccc(COc3cc(O)c(C=O)cc3Cl)c2F)c1. The van der Waals surface area contributed by atoms with Gasteiger partial charge in [-0.2, -0.15) is 0 Å². The summed E-state index contributed by atoms with van der Waals surface area (Å²) in [5.74, 6) is 0.114. The molecular formula is C21H16ClFO4. The van der Waals surface area contributed by atoms with Gasteiger partial charge in [-0.15, -0.1) is 0 Å². The van der Waals surface area contributed by atoms with Crippen LogP contribution in [0.3, 0.4) is 0 Å². The van der Waals surface area contributed by atoms with Crippen LogP contribution in [-0.2, 0) is 6.61 Å². The van der Waals surface area contributed by atoms with Gasteiger partial charge in [0.2, 0.25) is 0 Å². The van der Waals surface area contributed by atoms with E-state index >= 15 is 0 Å². The molecule has 0 fully saturated rings. The summed E-state index contributed by atoms with van der Waals surface area (Å²) in [6.07, 6.45) is 0.488. The zero-order valence-electron chi connectivity index (χ0n) is 14.4. The number of methoxy groups -OCH3 is 1. The van der Waals surface area contributed by atoms with Crippen LogP contribution in [0.15, 0.2) is 54.6 Å². The van der Waals surface area contributed by atoms with Crippen molar-refractivity contribution in [1.29, 1.82) is 0 Å². The Kier molecular flexibility index (Phi) is 5.62. The molecule has 0 aliphatic heterocycles. The monoisotopic (exact) mass is 386 g/mol. The first kappa shape index (κ1) is 18.7. The summed E-state index contributed by atoms with van der Waals surface area (Å²) in [6.45, 7) is -0.0940. The number of phenolic OH excluding ortho intramolecular Hbond substituents is 1. The fraction of sp³-hybridized carbons (Fsp3) is 0.0952.